The second kappa shape index (κ2) is 89.6. The minimum absolute atomic E-state index is 0. The Hall–Kier alpha value is 0.0569. The number of hydrogen-bond acceptors (Lipinski definition) is 0. The van der Waals surface area contributed by atoms with E-state index >= 15 is 0 Å². The van der Waals surface area contributed by atoms with Crippen LogP contribution in [0.5, 0.6) is 0 Å². The zero-order chi connectivity index (χ0) is 10.8. The zero-order valence-electron chi connectivity index (χ0n) is 10.3. The molecular weight excluding hydrogens is 180 g/mol. The van der Waals surface area contributed by atoms with Crippen molar-refractivity contribution in [2.45, 2.75) is 0 Å². The van der Waals surface area contributed by atoms with Crippen molar-refractivity contribution >= 4 is 11.0 Å². The Kier molecular flexibility index (Phi) is 201. The van der Waals surface area contributed by atoms with Crippen molar-refractivity contribution in [1.29, 1.82) is 0 Å². The van der Waals surface area contributed by atoms with E-state index < -0.39 is 0 Å². The van der Waals surface area contributed by atoms with E-state index in [0.29, 0.717) is 0 Å². The van der Waals surface area contributed by atoms with Crippen molar-refractivity contribution in [3.63, 3.8) is 0 Å². The van der Waals surface area contributed by atoms with Crippen LogP contribution in [-0.2, 0) is 0 Å². The van der Waals surface area contributed by atoms with Gasteiger partial charge in [0.15, 0.2) is 0 Å². The van der Waals surface area contributed by atoms with Gasteiger partial charge in [-0.3, -0.25) is 0 Å². The summed E-state index contributed by atoms with van der Waals surface area (Å²) >= 11 is 0. The summed E-state index contributed by atoms with van der Waals surface area (Å²) in [7, 11) is 14.0. The molecule has 0 spiro atoms. The first-order valence-corrected chi connectivity index (χ1v) is 3.58. The third kappa shape index (κ3) is 377000. The number of hydrogen-bond donors (Lipinski definition) is 0. The molecule has 0 aliphatic heterocycles. The van der Waals surface area contributed by atoms with E-state index in [1.165, 1.54) is 0 Å². The molecule has 0 atom stereocenters. The van der Waals surface area contributed by atoms with E-state index in [9.17, 15) is 0 Å². The predicted octanol–water partition coefficient (Wildman–Crippen LogP) is 2.10. The molecule has 0 aromatic carbocycles. The summed E-state index contributed by atoms with van der Waals surface area (Å²) in [5.41, 5.74) is 0. The average molecular weight is 204 g/mol. The minimum atomic E-state index is 0. The normalized spacial score (nSPS) is 5.54. The Morgan fingerprint density at radius 3 is 0.385 bits per heavy atom. The predicted molar refractivity (Wildman–Crippen MR) is 66.6 cm³/mol. The van der Waals surface area contributed by atoms with Gasteiger partial charge >= 0.3 is 11.0 Å². The molecule has 0 fully saturated rings. The molecular formula is C8H24N4Si. The van der Waals surface area contributed by atoms with Crippen LogP contribution in [0, 0.1) is 0 Å². The molecule has 0 aliphatic rings. The van der Waals surface area contributed by atoms with Crippen LogP contribution in [0.15, 0.2) is 0 Å². The Morgan fingerprint density at radius 1 is 0.385 bits per heavy atom. The maximum atomic E-state index is 3.50. The smallest absolute Gasteiger partial charge is 0.668 e. The molecule has 0 unspecified atom stereocenters. The molecule has 0 bridgehead atoms. The van der Waals surface area contributed by atoms with Gasteiger partial charge in [0.1, 0.15) is 0 Å². The number of nitrogens with zero attached hydrogens (tertiary/aromatic N) is 4. The van der Waals surface area contributed by atoms with Crippen molar-refractivity contribution in [3.05, 3.63) is 21.3 Å². The fraction of sp³-hybridized carbons (Fsp3) is 1.00. The van der Waals surface area contributed by atoms with Crippen LogP contribution >= 0.6 is 0 Å². The standard InChI is InChI=1S/4C2H6N.Si/c4*1-3-2;/h4*1-2H3;/q4*-1;+4. The van der Waals surface area contributed by atoms with Crippen LogP contribution in [0.1, 0.15) is 0 Å². The molecule has 0 aromatic rings. The fourth-order valence-corrected chi connectivity index (χ4v) is 0. The molecule has 80 valence electrons. The summed E-state index contributed by atoms with van der Waals surface area (Å²) in [6, 6.07) is 0. The third-order valence-electron chi connectivity index (χ3n) is 0. The Balaban J connectivity index is -0.0000000213. The van der Waals surface area contributed by atoms with Crippen molar-refractivity contribution < 1.29 is 0 Å². The maximum Gasteiger partial charge on any atom is 4.00 e. The van der Waals surface area contributed by atoms with Gasteiger partial charge in [-0.25, -0.2) is 0 Å². The van der Waals surface area contributed by atoms with Crippen LogP contribution in [0.2, 0.25) is 0 Å². The van der Waals surface area contributed by atoms with E-state index in [4.69, 9.17) is 0 Å². The Morgan fingerprint density at radius 2 is 0.385 bits per heavy atom. The second-order valence-corrected chi connectivity index (χ2v) is 1.79. The van der Waals surface area contributed by atoms with Gasteiger partial charge in [-0.05, 0) is 0 Å². The molecule has 0 N–H and O–H groups in total. The van der Waals surface area contributed by atoms with Gasteiger partial charge in [0.2, 0.25) is 0 Å². The first kappa shape index (κ1) is 29.2. The fourth-order valence-electron chi connectivity index (χ4n) is 0. The van der Waals surface area contributed by atoms with Crippen LogP contribution in [0.3, 0.4) is 0 Å². The minimum Gasteiger partial charge on any atom is -0.668 e. The molecule has 0 saturated carbocycles. The molecule has 5 heteroatoms. The molecule has 13 heavy (non-hydrogen) atoms. The monoisotopic (exact) mass is 204 g/mol. The molecule has 0 radical (unpaired) electrons. The van der Waals surface area contributed by atoms with Gasteiger partial charge < -0.3 is 21.3 Å². The zero-order valence-corrected chi connectivity index (χ0v) is 11.3. The van der Waals surface area contributed by atoms with E-state index in [-0.39, 0.29) is 11.0 Å². The van der Waals surface area contributed by atoms with Crippen molar-refractivity contribution in [1.82, 2.24) is 0 Å². The van der Waals surface area contributed by atoms with Gasteiger partial charge in [0.05, 0.1) is 0 Å². The van der Waals surface area contributed by atoms with E-state index in [0.717, 1.165) is 0 Å². The molecule has 0 saturated heterocycles. The van der Waals surface area contributed by atoms with Crippen LogP contribution in [0.25, 0.3) is 21.3 Å². The SMILES string of the molecule is C[N-]C.C[N-]C.C[N-]C.C[N-]C.[Si+4]. The van der Waals surface area contributed by atoms with E-state index in [2.05, 4.69) is 21.3 Å². The first-order valence-electron chi connectivity index (χ1n) is 3.58. The van der Waals surface area contributed by atoms with Crippen LogP contribution in [-0.4, -0.2) is 67.3 Å². The van der Waals surface area contributed by atoms with Gasteiger partial charge in [0.25, 0.3) is 0 Å². The summed E-state index contributed by atoms with van der Waals surface area (Å²) < 4.78 is 0. The average Bonchev–Trinajstić information content (AvgIpc) is 1.92. The topological polar surface area (TPSA) is 56.4 Å². The van der Waals surface area contributed by atoms with Crippen LogP contribution in [0.4, 0.5) is 0 Å². The quantitative estimate of drug-likeness (QED) is 0.543. The molecule has 0 amide bonds. The molecule has 0 aliphatic carbocycles. The van der Waals surface area contributed by atoms with Gasteiger partial charge in [-0.1, -0.05) is 0 Å². The van der Waals surface area contributed by atoms with Gasteiger partial charge in [-0.15, -0.1) is 0 Å². The van der Waals surface area contributed by atoms with Crippen LogP contribution < -0.4 is 0 Å². The van der Waals surface area contributed by atoms with E-state index in [1.54, 1.807) is 56.4 Å². The van der Waals surface area contributed by atoms with Gasteiger partial charge in [0, 0.05) is 0 Å². The third-order valence-corrected chi connectivity index (χ3v) is 0. The number of rotatable bonds is 0. The summed E-state index contributed by atoms with van der Waals surface area (Å²) in [4.78, 5) is 0. The Bertz CT molecular complexity index is 24.1. The summed E-state index contributed by atoms with van der Waals surface area (Å²) in [5, 5.41) is 14.0. The van der Waals surface area contributed by atoms with Crippen molar-refractivity contribution in [2.24, 2.45) is 0 Å². The molecule has 0 rings (SSSR count). The summed E-state index contributed by atoms with van der Waals surface area (Å²) in [5.74, 6) is 0. The summed E-state index contributed by atoms with van der Waals surface area (Å²) in [6.45, 7) is 0. The maximum absolute atomic E-state index is 3.50. The molecule has 0 heterocycles. The van der Waals surface area contributed by atoms with E-state index in [1.807, 2.05) is 0 Å². The summed E-state index contributed by atoms with van der Waals surface area (Å²) in [6.07, 6.45) is 0. The first-order chi connectivity index (χ1) is 5.66. The van der Waals surface area contributed by atoms with Gasteiger partial charge in [-0.2, -0.15) is 56.4 Å². The second-order valence-electron chi connectivity index (χ2n) is 1.79. The largest absolute Gasteiger partial charge is 4.00 e. The van der Waals surface area contributed by atoms with Crippen molar-refractivity contribution in [3.8, 4) is 0 Å². The molecule has 0 aromatic heterocycles. The molecule has 4 nitrogen and oxygen atoms in total. The van der Waals surface area contributed by atoms with Crippen molar-refractivity contribution in [2.75, 3.05) is 56.4 Å². The Labute approximate surface area is 89.3 Å².